The van der Waals surface area contributed by atoms with E-state index in [-0.39, 0.29) is 5.91 Å². The molecule has 186 valence electrons. The van der Waals surface area contributed by atoms with Gasteiger partial charge in [0.1, 0.15) is 18.2 Å². The lowest BCUT2D eigenvalue weighted by Crippen LogP contribution is -2.50. The van der Waals surface area contributed by atoms with Crippen molar-refractivity contribution < 1.29 is 4.79 Å². The molecule has 4 aromatic rings. The van der Waals surface area contributed by atoms with Crippen molar-refractivity contribution in [3.05, 3.63) is 60.9 Å². The molecule has 0 saturated heterocycles. The number of carbonyl (C=O) groups excluding carboxylic acids is 1. The van der Waals surface area contributed by atoms with Crippen molar-refractivity contribution in [2.75, 3.05) is 0 Å². The number of nitrogens with zero attached hydrogens (tertiary/aromatic N) is 4. The number of hydrogen-bond donors (Lipinski definition) is 1. The van der Waals surface area contributed by atoms with E-state index in [0.29, 0.717) is 18.6 Å². The predicted molar refractivity (Wildman–Crippen MR) is 143 cm³/mol. The number of amides is 1. The first kappa shape index (κ1) is 23.0. The van der Waals surface area contributed by atoms with Gasteiger partial charge in [-0.3, -0.25) is 4.79 Å². The predicted octanol–water partition coefficient (Wildman–Crippen LogP) is 6.59. The van der Waals surface area contributed by atoms with Crippen LogP contribution in [0.5, 0.6) is 0 Å². The highest BCUT2D eigenvalue weighted by Gasteiger charge is 2.33. The van der Waals surface area contributed by atoms with E-state index in [2.05, 4.69) is 49.8 Å². The Morgan fingerprint density at radius 2 is 1.50 bits per heavy atom. The van der Waals surface area contributed by atoms with E-state index in [4.69, 9.17) is 4.98 Å². The summed E-state index contributed by atoms with van der Waals surface area (Å²) in [6.07, 6.45) is 15.7. The minimum absolute atomic E-state index is 0.255. The van der Waals surface area contributed by atoms with E-state index in [1.54, 1.807) is 6.20 Å². The molecule has 1 N–H and O–H groups in total. The van der Waals surface area contributed by atoms with Crippen LogP contribution < -0.4 is 0 Å². The third-order valence-electron chi connectivity index (χ3n) is 8.09. The van der Waals surface area contributed by atoms with Gasteiger partial charge in [-0.2, -0.15) is 0 Å². The number of benzene rings is 2. The summed E-state index contributed by atoms with van der Waals surface area (Å²) in [5.74, 6) is 1.95. The second-order valence-corrected chi connectivity index (χ2v) is 10.4. The molecule has 2 aromatic carbocycles. The SMILES string of the molecule is O=C(Cn1c(-c2ccc(-c3ncc[nH]3)cc2)nc2ccccc21)N(C1CCCCC1)C1CCCCC1. The number of aromatic amines is 1. The van der Waals surface area contributed by atoms with Gasteiger partial charge in [0, 0.05) is 35.6 Å². The van der Waals surface area contributed by atoms with Crippen LogP contribution in [0.15, 0.2) is 60.9 Å². The second kappa shape index (κ2) is 10.3. The minimum atomic E-state index is 0.255. The molecule has 6 heteroatoms. The fourth-order valence-corrected chi connectivity index (χ4v) is 6.30. The summed E-state index contributed by atoms with van der Waals surface area (Å²) in [7, 11) is 0. The maximum Gasteiger partial charge on any atom is 0.243 e. The molecule has 0 unspecified atom stereocenters. The molecule has 0 radical (unpaired) electrons. The number of para-hydroxylation sites is 2. The van der Waals surface area contributed by atoms with E-state index >= 15 is 0 Å². The Bertz CT molecular complexity index is 1280. The Morgan fingerprint density at radius 1 is 0.861 bits per heavy atom. The van der Waals surface area contributed by atoms with Crippen LogP contribution in [-0.4, -0.2) is 42.4 Å². The third kappa shape index (κ3) is 4.57. The highest BCUT2D eigenvalue weighted by Crippen LogP contribution is 2.32. The summed E-state index contributed by atoms with van der Waals surface area (Å²) in [6.45, 7) is 0.336. The van der Waals surface area contributed by atoms with Gasteiger partial charge in [-0.15, -0.1) is 0 Å². The van der Waals surface area contributed by atoms with E-state index in [9.17, 15) is 4.79 Å². The summed E-state index contributed by atoms with van der Waals surface area (Å²) >= 11 is 0. The fourth-order valence-electron chi connectivity index (χ4n) is 6.30. The lowest BCUT2D eigenvalue weighted by atomic mass is 9.88. The van der Waals surface area contributed by atoms with Gasteiger partial charge in [0.2, 0.25) is 5.91 Å². The minimum Gasteiger partial charge on any atom is -0.345 e. The van der Waals surface area contributed by atoms with Crippen molar-refractivity contribution in [1.29, 1.82) is 0 Å². The molecular weight excluding hydrogens is 446 g/mol. The Labute approximate surface area is 212 Å². The number of hydrogen-bond acceptors (Lipinski definition) is 3. The van der Waals surface area contributed by atoms with Gasteiger partial charge in [0.05, 0.1) is 11.0 Å². The molecule has 2 fully saturated rings. The molecule has 36 heavy (non-hydrogen) atoms. The molecule has 2 aliphatic rings. The van der Waals surface area contributed by atoms with Crippen molar-refractivity contribution in [2.45, 2.75) is 82.8 Å². The normalized spacial score (nSPS) is 17.4. The third-order valence-corrected chi connectivity index (χ3v) is 8.09. The fraction of sp³-hybridized carbons (Fsp3) is 0.433. The first-order valence-electron chi connectivity index (χ1n) is 13.6. The van der Waals surface area contributed by atoms with Gasteiger partial charge in [0.15, 0.2) is 0 Å². The Balaban J connectivity index is 1.34. The first-order valence-corrected chi connectivity index (χ1v) is 13.6. The molecule has 0 spiro atoms. The summed E-state index contributed by atoms with van der Waals surface area (Å²) in [4.78, 5) is 28.9. The van der Waals surface area contributed by atoms with Crippen LogP contribution in [0.1, 0.15) is 64.2 Å². The molecule has 2 aliphatic carbocycles. The number of rotatable bonds is 6. The van der Waals surface area contributed by atoms with Crippen molar-refractivity contribution in [3.63, 3.8) is 0 Å². The summed E-state index contributed by atoms with van der Waals surface area (Å²) < 4.78 is 2.14. The Kier molecular flexibility index (Phi) is 6.58. The first-order chi connectivity index (χ1) is 17.8. The molecule has 6 rings (SSSR count). The summed E-state index contributed by atoms with van der Waals surface area (Å²) in [5, 5.41) is 0. The zero-order valence-corrected chi connectivity index (χ0v) is 20.9. The molecule has 0 bridgehead atoms. The monoisotopic (exact) mass is 481 g/mol. The van der Waals surface area contributed by atoms with Crippen molar-refractivity contribution in [3.8, 4) is 22.8 Å². The standard InChI is InChI=1S/C30H35N5O/c36-28(35(24-9-3-1-4-10-24)25-11-5-2-6-12-25)21-34-27-14-8-7-13-26(27)33-30(34)23-17-15-22(16-18-23)29-31-19-20-32-29/h7-8,13-20,24-25H,1-6,9-12,21H2,(H,31,32). The van der Waals surface area contributed by atoms with Crippen LogP contribution in [0.4, 0.5) is 0 Å². The van der Waals surface area contributed by atoms with Crippen LogP contribution in [0.25, 0.3) is 33.8 Å². The average molecular weight is 482 g/mol. The number of nitrogens with one attached hydrogen (secondary N) is 1. The van der Waals surface area contributed by atoms with Crippen LogP contribution in [0.3, 0.4) is 0 Å². The van der Waals surface area contributed by atoms with Crippen LogP contribution in [0, 0.1) is 0 Å². The largest absolute Gasteiger partial charge is 0.345 e. The highest BCUT2D eigenvalue weighted by molar-refractivity contribution is 5.85. The van der Waals surface area contributed by atoms with E-state index < -0.39 is 0 Å². The van der Waals surface area contributed by atoms with Gasteiger partial charge in [0.25, 0.3) is 0 Å². The second-order valence-electron chi connectivity index (χ2n) is 10.4. The van der Waals surface area contributed by atoms with E-state index in [0.717, 1.165) is 59.5 Å². The maximum absolute atomic E-state index is 14.1. The average Bonchev–Trinajstić information content (AvgIpc) is 3.59. The Morgan fingerprint density at radius 3 is 2.14 bits per heavy atom. The van der Waals surface area contributed by atoms with Gasteiger partial charge in [-0.05, 0) is 37.8 Å². The molecular formula is C30H35N5O. The quantitative estimate of drug-likeness (QED) is 0.338. The van der Waals surface area contributed by atoms with Gasteiger partial charge >= 0.3 is 0 Å². The molecule has 1 amide bonds. The number of aromatic nitrogens is 4. The molecule has 2 aromatic heterocycles. The van der Waals surface area contributed by atoms with Gasteiger partial charge in [-0.1, -0.05) is 74.9 Å². The smallest absolute Gasteiger partial charge is 0.243 e. The van der Waals surface area contributed by atoms with Gasteiger partial charge in [-0.25, -0.2) is 9.97 Å². The number of H-pyrrole nitrogens is 1. The summed E-state index contributed by atoms with van der Waals surface area (Å²) in [5.41, 5.74) is 3.99. The number of carbonyl (C=O) groups is 1. The topological polar surface area (TPSA) is 66.8 Å². The zero-order chi connectivity index (χ0) is 24.3. The van der Waals surface area contributed by atoms with E-state index in [1.165, 1.54) is 38.5 Å². The van der Waals surface area contributed by atoms with Gasteiger partial charge < -0.3 is 14.5 Å². The lowest BCUT2D eigenvalue weighted by Gasteiger charge is -2.42. The van der Waals surface area contributed by atoms with Crippen molar-refractivity contribution in [1.82, 2.24) is 24.4 Å². The van der Waals surface area contributed by atoms with Crippen molar-refractivity contribution in [2.24, 2.45) is 0 Å². The van der Waals surface area contributed by atoms with Crippen LogP contribution in [0.2, 0.25) is 0 Å². The number of fused-ring (bicyclic) bond motifs is 1. The van der Waals surface area contributed by atoms with Crippen LogP contribution in [-0.2, 0) is 11.3 Å². The summed E-state index contributed by atoms with van der Waals surface area (Å²) in [6, 6.07) is 17.3. The zero-order valence-electron chi connectivity index (χ0n) is 20.9. The molecule has 6 nitrogen and oxygen atoms in total. The molecule has 2 saturated carbocycles. The van der Waals surface area contributed by atoms with Crippen molar-refractivity contribution >= 4 is 16.9 Å². The lowest BCUT2D eigenvalue weighted by molar-refractivity contribution is -0.138. The Hall–Kier alpha value is -3.41. The maximum atomic E-state index is 14.1. The highest BCUT2D eigenvalue weighted by atomic mass is 16.2. The molecule has 0 atom stereocenters. The van der Waals surface area contributed by atoms with E-state index in [1.807, 2.05) is 24.4 Å². The number of imidazole rings is 2. The molecule has 0 aliphatic heterocycles. The van der Waals surface area contributed by atoms with Crippen LogP contribution >= 0.6 is 0 Å². The molecule has 2 heterocycles.